The van der Waals surface area contributed by atoms with Crippen molar-refractivity contribution >= 4 is 5.91 Å². The predicted molar refractivity (Wildman–Crippen MR) is 80.9 cm³/mol. The molecule has 102 valence electrons. The summed E-state index contributed by atoms with van der Waals surface area (Å²) >= 11 is 0. The maximum absolute atomic E-state index is 12.2. The Labute approximate surface area is 119 Å². The first-order chi connectivity index (χ1) is 9.70. The number of carbonyl (C=O) groups excluding carboxylic acids is 1. The fourth-order valence-electron chi connectivity index (χ4n) is 2.65. The smallest absolute Gasteiger partial charge is 0.251 e. The van der Waals surface area contributed by atoms with E-state index in [9.17, 15) is 4.79 Å². The number of benzene rings is 2. The predicted octanol–water partition coefficient (Wildman–Crippen LogP) is 3.46. The van der Waals surface area contributed by atoms with Gasteiger partial charge in [-0.05, 0) is 37.5 Å². The lowest BCUT2D eigenvalue weighted by atomic mass is 9.96. The van der Waals surface area contributed by atoms with Gasteiger partial charge in [0.15, 0.2) is 0 Å². The summed E-state index contributed by atoms with van der Waals surface area (Å²) in [6.07, 6.45) is 2.32. The molecular weight excluding hydrogens is 246 g/mol. The molecule has 1 fully saturated rings. The van der Waals surface area contributed by atoms with Gasteiger partial charge in [0.2, 0.25) is 0 Å². The van der Waals surface area contributed by atoms with Crippen molar-refractivity contribution in [1.29, 1.82) is 0 Å². The van der Waals surface area contributed by atoms with Crippen molar-refractivity contribution in [3.63, 3.8) is 0 Å². The highest BCUT2D eigenvalue weighted by Crippen LogP contribution is 2.47. The van der Waals surface area contributed by atoms with E-state index in [1.807, 2.05) is 37.3 Å². The zero-order valence-electron chi connectivity index (χ0n) is 11.7. The van der Waals surface area contributed by atoms with Crippen molar-refractivity contribution in [2.45, 2.75) is 25.2 Å². The van der Waals surface area contributed by atoms with E-state index in [1.54, 1.807) is 0 Å². The Morgan fingerprint density at radius 3 is 2.50 bits per heavy atom. The van der Waals surface area contributed by atoms with E-state index in [0.29, 0.717) is 0 Å². The van der Waals surface area contributed by atoms with Crippen LogP contribution in [0.3, 0.4) is 0 Å². The van der Waals surface area contributed by atoms with Crippen molar-refractivity contribution < 1.29 is 4.79 Å². The van der Waals surface area contributed by atoms with Crippen molar-refractivity contribution in [2.75, 3.05) is 6.54 Å². The lowest BCUT2D eigenvalue weighted by molar-refractivity contribution is 0.0949. The lowest BCUT2D eigenvalue weighted by Crippen LogP contribution is -2.32. The van der Waals surface area contributed by atoms with Crippen molar-refractivity contribution in [2.24, 2.45) is 0 Å². The number of nitrogens with one attached hydrogen (secondary N) is 1. The second-order valence-corrected chi connectivity index (χ2v) is 5.70. The van der Waals surface area contributed by atoms with E-state index in [1.165, 1.54) is 5.56 Å². The second-order valence-electron chi connectivity index (χ2n) is 5.70. The topological polar surface area (TPSA) is 29.1 Å². The van der Waals surface area contributed by atoms with Crippen LogP contribution in [0.1, 0.15) is 34.3 Å². The fourth-order valence-corrected chi connectivity index (χ4v) is 2.65. The van der Waals surface area contributed by atoms with Crippen LogP contribution < -0.4 is 5.32 Å². The summed E-state index contributed by atoms with van der Waals surface area (Å²) in [6.45, 7) is 2.73. The molecule has 2 aromatic carbocycles. The number of carbonyl (C=O) groups is 1. The quantitative estimate of drug-likeness (QED) is 0.901. The summed E-state index contributed by atoms with van der Waals surface area (Å²) in [5.41, 5.74) is 3.36. The van der Waals surface area contributed by atoms with Gasteiger partial charge in [0.1, 0.15) is 0 Å². The lowest BCUT2D eigenvalue weighted by Gasteiger charge is -2.16. The number of aryl methyl sites for hydroxylation is 1. The Hall–Kier alpha value is -2.09. The SMILES string of the molecule is Cc1cccc(C(=O)NCC2(c3ccccc3)CC2)c1. The molecule has 0 aromatic heterocycles. The number of rotatable bonds is 4. The molecule has 1 aliphatic rings. The zero-order valence-corrected chi connectivity index (χ0v) is 11.7. The number of amides is 1. The summed E-state index contributed by atoms with van der Waals surface area (Å²) < 4.78 is 0. The van der Waals surface area contributed by atoms with Gasteiger partial charge in [0, 0.05) is 17.5 Å². The Morgan fingerprint density at radius 1 is 1.10 bits per heavy atom. The van der Waals surface area contributed by atoms with Gasteiger partial charge in [0.05, 0.1) is 0 Å². The highest BCUT2D eigenvalue weighted by molar-refractivity contribution is 5.94. The van der Waals surface area contributed by atoms with Gasteiger partial charge in [-0.15, -0.1) is 0 Å². The molecule has 0 aliphatic heterocycles. The summed E-state index contributed by atoms with van der Waals surface area (Å²) in [5, 5.41) is 3.09. The van der Waals surface area contributed by atoms with E-state index in [0.717, 1.165) is 30.5 Å². The van der Waals surface area contributed by atoms with Gasteiger partial charge < -0.3 is 5.32 Å². The van der Waals surface area contributed by atoms with Crippen molar-refractivity contribution in [1.82, 2.24) is 5.32 Å². The molecule has 1 amide bonds. The molecule has 2 heteroatoms. The molecule has 2 aromatic rings. The minimum absolute atomic E-state index is 0.0240. The van der Waals surface area contributed by atoms with Gasteiger partial charge in [-0.25, -0.2) is 0 Å². The van der Waals surface area contributed by atoms with Crippen LogP contribution in [0.15, 0.2) is 54.6 Å². The first-order valence-electron chi connectivity index (χ1n) is 7.10. The standard InChI is InChI=1S/C18H19NO/c1-14-6-5-7-15(12-14)17(20)19-13-18(10-11-18)16-8-3-2-4-9-16/h2-9,12H,10-11,13H2,1H3,(H,19,20). The molecule has 0 unspecified atom stereocenters. The molecule has 1 aliphatic carbocycles. The van der Waals surface area contributed by atoms with E-state index in [4.69, 9.17) is 0 Å². The number of hydrogen-bond donors (Lipinski definition) is 1. The van der Waals surface area contributed by atoms with Crippen LogP contribution >= 0.6 is 0 Å². The summed E-state index contributed by atoms with van der Waals surface area (Å²) in [6, 6.07) is 18.2. The number of hydrogen-bond acceptors (Lipinski definition) is 1. The van der Waals surface area contributed by atoms with Crippen LogP contribution in [0.25, 0.3) is 0 Å². The molecule has 2 nitrogen and oxygen atoms in total. The molecule has 3 rings (SSSR count). The minimum atomic E-state index is 0.0240. The van der Waals surface area contributed by atoms with Crippen LogP contribution in [0, 0.1) is 6.92 Å². The van der Waals surface area contributed by atoms with Crippen LogP contribution in [-0.2, 0) is 5.41 Å². The first-order valence-corrected chi connectivity index (χ1v) is 7.10. The summed E-state index contributed by atoms with van der Waals surface area (Å²) in [5.74, 6) is 0.0240. The van der Waals surface area contributed by atoms with Crippen molar-refractivity contribution in [3.8, 4) is 0 Å². The van der Waals surface area contributed by atoms with Gasteiger partial charge in [0.25, 0.3) is 5.91 Å². The molecule has 0 atom stereocenters. The Bertz CT molecular complexity index is 614. The second kappa shape index (κ2) is 5.12. The van der Waals surface area contributed by atoms with Crippen LogP contribution in [0.5, 0.6) is 0 Å². The molecule has 0 spiro atoms. The first kappa shape index (κ1) is 12.9. The van der Waals surface area contributed by atoms with Gasteiger partial charge in [-0.3, -0.25) is 4.79 Å². The zero-order chi connectivity index (χ0) is 14.0. The molecule has 0 bridgehead atoms. The van der Waals surface area contributed by atoms with E-state index in [2.05, 4.69) is 29.6 Å². The van der Waals surface area contributed by atoms with Crippen LogP contribution in [0.2, 0.25) is 0 Å². The normalized spacial score (nSPS) is 15.7. The Morgan fingerprint density at radius 2 is 1.85 bits per heavy atom. The third-order valence-corrected chi connectivity index (χ3v) is 4.11. The maximum atomic E-state index is 12.2. The average molecular weight is 265 g/mol. The highest BCUT2D eigenvalue weighted by Gasteiger charge is 2.44. The van der Waals surface area contributed by atoms with Gasteiger partial charge in [-0.2, -0.15) is 0 Å². The molecule has 0 heterocycles. The fraction of sp³-hybridized carbons (Fsp3) is 0.278. The monoisotopic (exact) mass is 265 g/mol. The Kier molecular flexibility index (Phi) is 3.31. The van der Waals surface area contributed by atoms with E-state index >= 15 is 0 Å². The molecule has 1 N–H and O–H groups in total. The highest BCUT2D eigenvalue weighted by atomic mass is 16.1. The summed E-state index contributed by atoms with van der Waals surface area (Å²) in [4.78, 5) is 12.2. The van der Waals surface area contributed by atoms with Crippen molar-refractivity contribution in [3.05, 3.63) is 71.3 Å². The van der Waals surface area contributed by atoms with Gasteiger partial charge in [-0.1, -0.05) is 48.0 Å². The third kappa shape index (κ3) is 2.60. The molecule has 20 heavy (non-hydrogen) atoms. The van der Waals surface area contributed by atoms with E-state index < -0.39 is 0 Å². The Balaban J connectivity index is 1.67. The molecule has 0 saturated heterocycles. The minimum Gasteiger partial charge on any atom is -0.351 e. The molecular formula is C18H19NO. The van der Waals surface area contributed by atoms with Crippen LogP contribution in [-0.4, -0.2) is 12.5 Å². The summed E-state index contributed by atoms with van der Waals surface area (Å²) in [7, 11) is 0. The maximum Gasteiger partial charge on any atom is 0.251 e. The van der Waals surface area contributed by atoms with Crippen LogP contribution in [0.4, 0.5) is 0 Å². The average Bonchev–Trinajstić information content (AvgIpc) is 3.27. The largest absolute Gasteiger partial charge is 0.351 e. The molecule has 1 saturated carbocycles. The third-order valence-electron chi connectivity index (χ3n) is 4.11. The van der Waals surface area contributed by atoms with E-state index in [-0.39, 0.29) is 11.3 Å². The van der Waals surface area contributed by atoms with Gasteiger partial charge >= 0.3 is 0 Å². The molecule has 0 radical (unpaired) electrons.